The van der Waals surface area contributed by atoms with Gasteiger partial charge in [0, 0.05) is 13.1 Å². The molecule has 0 aromatic rings. The van der Waals surface area contributed by atoms with Gasteiger partial charge >= 0.3 is 0 Å². The first-order valence-electron chi connectivity index (χ1n) is 5.91. The van der Waals surface area contributed by atoms with E-state index in [4.69, 9.17) is 0 Å². The molecule has 5 heteroatoms. The van der Waals surface area contributed by atoms with Gasteiger partial charge in [0.15, 0.2) is 0 Å². The van der Waals surface area contributed by atoms with E-state index in [0.29, 0.717) is 0 Å². The molecule has 1 N–H and O–H groups in total. The summed E-state index contributed by atoms with van der Waals surface area (Å²) >= 11 is 0. The van der Waals surface area contributed by atoms with Crippen LogP contribution in [-0.2, 0) is 4.79 Å². The number of carbonyl (C=O) groups excluding carboxylic acids is 1. The molecule has 1 heterocycles. The minimum Gasteiger partial charge on any atom is -0.341 e. The van der Waals surface area contributed by atoms with Gasteiger partial charge in [-0.05, 0) is 19.8 Å². The lowest BCUT2D eigenvalue weighted by atomic mass is 10.2. The number of likely N-dealkylation sites (tertiary alicyclic amines) is 1. The third kappa shape index (κ3) is 4.43. The van der Waals surface area contributed by atoms with Gasteiger partial charge < -0.3 is 10.2 Å². The highest BCUT2D eigenvalue weighted by Crippen LogP contribution is 2.10. The fourth-order valence-corrected chi connectivity index (χ4v) is 1.92. The third-order valence-electron chi connectivity index (χ3n) is 2.87. The molecule has 0 radical (unpaired) electrons. The van der Waals surface area contributed by atoms with Crippen LogP contribution in [-0.4, -0.2) is 42.9 Å². The SMILES string of the molecule is CC(NCC(F)F)C(=O)N1CCCCCC1. The van der Waals surface area contributed by atoms with Crippen LogP contribution in [0.2, 0.25) is 0 Å². The minimum absolute atomic E-state index is 0.0532. The molecule has 0 aliphatic carbocycles. The Labute approximate surface area is 95.2 Å². The number of halogens is 2. The maximum atomic E-state index is 12.0. The van der Waals surface area contributed by atoms with Crippen molar-refractivity contribution in [1.29, 1.82) is 0 Å². The summed E-state index contributed by atoms with van der Waals surface area (Å²) in [5.41, 5.74) is 0. The Morgan fingerprint density at radius 2 is 1.81 bits per heavy atom. The van der Waals surface area contributed by atoms with Gasteiger partial charge in [-0.2, -0.15) is 0 Å². The van der Waals surface area contributed by atoms with Crippen LogP contribution in [0.4, 0.5) is 8.78 Å². The Kier molecular flexibility index (Phi) is 5.66. The number of nitrogens with one attached hydrogen (secondary N) is 1. The van der Waals surface area contributed by atoms with Crippen LogP contribution in [0.15, 0.2) is 0 Å². The molecule has 3 nitrogen and oxygen atoms in total. The first-order valence-corrected chi connectivity index (χ1v) is 5.91. The summed E-state index contributed by atoms with van der Waals surface area (Å²) in [7, 11) is 0. The Hall–Kier alpha value is -0.710. The number of alkyl halides is 2. The molecule has 16 heavy (non-hydrogen) atoms. The van der Waals surface area contributed by atoms with Crippen LogP contribution in [0.25, 0.3) is 0 Å². The van der Waals surface area contributed by atoms with Crippen molar-refractivity contribution in [3.8, 4) is 0 Å². The lowest BCUT2D eigenvalue weighted by Gasteiger charge is -2.24. The van der Waals surface area contributed by atoms with Crippen molar-refractivity contribution < 1.29 is 13.6 Å². The van der Waals surface area contributed by atoms with Crippen molar-refractivity contribution in [2.75, 3.05) is 19.6 Å². The molecule has 1 aliphatic rings. The predicted molar refractivity (Wildman–Crippen MR) is 58.5 cm³/mol. The average molecular weight is 234 g/mol. The van der Waals surface area contributed by atoms with Gasteiger partial charge in [0.1, 0.15) is 0 Å². The van der Waals surface area contributed by atoms with E-state index in [2.05, 4.69) is 5.32 Å². The summed E-state index contributed by atoms with van der Waals surface area (Å²) in [6, 6.07) is -0.507. The number of hydrogen-bond donors (Lipinski definition) is 1. The molecule has 1 fully saturated rings. The van der Waals surface area contributed by atoms with Crippen molar-refractivity contribution in [3.05, 3.63) is 0 Å². The second kappa shape index (κ2) is 6.78. The quantitative estimate of drug-likeness (QED) is 0.802. The highest BCUT2D eigenvalue weighted by atomic mass is 19.3. The number of rotatable bonds is 4. The molecule has 1 unspecified atom stereocenters. The average Bonchev–Trinajstić information content (AvgIpc) is 2.53. The van der Waals surface area contributed by atoms with Crippen LogP contribution in [0.5, 0.6) is 0 Å². The summed E-state index contributed by atoms with van der Waals surface area (Å²) in [5.74, 6) is -0.0532. The molecule has 1 aliphatic heterocycles. The van der Waals surface area contributed by atoms with Gasteiger partial charge in [-0.1, -0.05) is 12.8 Å². The maximum Gasteiger partial charge on any atom is 0.250 e. The van der Waals surface area contributed by atoms with Crippen molar-refractivity contribution >= 4 is 5.91 Å². The Balaban J connectivity index is 2.35. The zero-order valence-electron chi connectivity index (χ0n) is 9.72. The van der Waals surface area contributed by atoms with Crippen molar-refractivity contribution in [2.45, 2.75) is 45.1 Å². The zero-order chi connectivity index (χ0) is 12.0. The summed E-state index contributed by atoms with van der Waals surface area (Å²) in [5, 5.41) is 2.56. The van der Waals surface area contributed by atoms with Crippen molar-refractivity contribution in [2.24, 2.45) is 0 Å². The summed E-state index contributed by atoms with van der Waals surface area (Å²) in [6.07, 6.45) is 1.95. The first-order chi connectivity index (χ1) is 7.61. The van der Waals surface area contributed by atoms with Crippen LogP contribution in [0.3, 0.4) is 0 Å². The molecular weight excluding hydrogens is 214 g/mol. The maximum absolute atomic E-state index is 12.0. The number of carbonyl (C=O) groups is 1. The molecule has 0 saturated carbocycles. The summed E-state index contributed by atoms with van der Waals surface area (Å²) in [4.78, 5) is 13.7. The Morgan fingerprint density at radius 1 is 1.25 bits per heavy atom. The molecular formula is C11H20F2N2O. The molecule has 0 bridgehead atoms. The topological polar surface area (TPSA) is 32.3 Å². The van der Waals surface area contributed by atoms with E-state index >= 15 is 0 Å². The fraction of sp³-hybridized carbons (Fsp3) is 0.909. The van der Waals surface area contributed by atoms with Gasteiger partial charge in [-0.3, -0.25) is 4.79 Å². The fourth-order valence-electron chi connectivity index (χ4n) is 1.92. The molecule has 1 rings (SSSR count). The Morgan fingerprint density at radius 3 is 2.31 bits per heavy atom. The normalized spacial score (nSPS) is 19.6. The second-order valence-corrected chi connectivity index (χ2v) is 4.26. The molecule has 0 spiro atoms. The molecule has 0 aromatic carbocycles. The van der Waals surface area contributed by atoms with E-state index < -0.39 is 19.0 Å². The largest absolute Gasteiger partial charge is 0.341 e. The Bertz CT molecular complexity index is 216. The lowest BCUT2D eigenvalue weighted by Crippen LogP contribution is -2.46. The minimum atomic E-state index is -2.40. The van der Waals surface area contributed by atoms with Crippen molar-refractivity contribution in [3.63, 3.8) is 0 Å². The van der Waals surface area contributed by atoms with Crippen LogP contribution in [0.1, 0.15) is 32.6 Å². The lowest BCUT2D eigenvalue weighted by molar-refractivity contribution is -0.133. The molecule has 94 valence electrons. The van der Waals surface area contributed by atoms with Crippen LogP contribution >= 0.6 is 0 Å². The zero-order valence-corrected chi connectivity index (χ0v) is 9.72. The van der Waals surface area contributed by atoms with Gasteiger partial charge in [-0.25, -0.2) is 8.78 Å². The van der Waals surface area contributed by atoms with E-state index in [1.807, 2.05) is 0 Å². The van der Waals surface area contributed by atoms with E-state index in [1.165, 1.54) is 0 Å². The predicted octanol–water partition coefficient (Wildman–Crippen LogP) is 1.63. The highest BCUT2D eigenvalue weighted by Gasteiger charge is 2.21. The van der Waals surface area contributed by atoms with E-state index in [9.17, 15) is 13.6 Å². The highest BCUT2D eigenvalue weighted by molar-refractivity contribution is 5.81. The summed E-state index contributed by atoms with van der Waals surface area (Å²) in [6.45, 7) is 2.76. The molecule has 0 aromatic heterocycles. The third-order valence-corrected chi connectivity index (χ3v) is 2.87. The van der Waals surface area contributed by atoms with Crippen molar-refractivity contribution in [1.82, 2.24) is 10.2 Å². The second-order valence-electron chi connectivity index (χ2n) is 4.26. The van der Waals surface area contributed by atoms with E-state index in [0.717, 1.165) is 38.8 Å². The van der Waals surface area contributed by atoms with Gasteiger partial charge in [0.2, 0.25) is 5.91 Å². The van der Waals surface area contributed by atoms with Gasteiger partial charge in [-0.15, -0.1) is 0 Å². The first kappa shape index (κ1) is 13.4. The number of amides is 1. The molecule has 1 saturated heterocycles. The van der Waals surface area contributed by atoms with Crippen LogP contribution in [0, 0.1) is 0 Å². The van der Waals surface area contributed by atoms with Crippen LogP contribution < -0.4 is 5.32 Å². The van der Waals surface area contributed by atoms with Gasteiger partial charge in [0.25, 0.3) is 6.43 Å². The number of hydrogen-bond acceptors (Lipinski definition) is 2. The standard InChI is InChI=1S/C11H20F2N2O/c1-9(14-8-10(12)13)11(16)15-6-4-2-3-5-7-15/h9-10,14H,2-8H2,1H3. The number of nitrogens with zero attached hydrogens (tertiary/aromatic N) is 1. The smallest absolute Gasteiger partial charge is 0.250 e. The van der Waals surface area contributed by atoms with E-state index in [1.54, 1.807) is 11.8 Å². The molecule has 1 amide bonds. The van der Waals surface area contributed by atoms with Gasteiger partial charge in [0.05, 0.1) is 12.6 Å². The monoisotopic (exact) mass is 234 g/mol. The van der Waals surface area contributed by atoms with E-state index in [-0.39, 0.29) is 5.91 Å². The summed E-state index contributed by atoms with van der Waals surface area (Å²) < 4.78 is 24.0. The molecule has 1 atom stereocenters.